The fraction of sp³-hybridized carbons (Fsp3) is 0.333. The number of benzene rings is 1. The van der Waals surface area contributed by atoms with Gasteiger partial charge in [0.25, 0.3) is 0 Å². The Hall–Kier alpha value is -0.660. The lowest BCUT2D eigenvalue weighted by Crippen LogP contribution is -2.08. The predicted molar refractivity (Wildman–Crippen MR) is 59.6 cm³/mol. The third kappa shape index (κ3) is 6.76. The molecule has 0 radical (unpaired) electrons. The molecule has 0 N–H and O–H groups in total. The van der Waals surface area contributed by atoms with Gasteiger partial charge in [-0.2, -0.15) is 8.78 Å². The molecule has 0 saturated carbocycles. The third-order valence-electron chi connectivity index (χ3n) is 1.43. The van der Waals surface area contributed by atoms with Crippen molar-refractivity contribution in [3.05, 3.63) is 30.3 Å². The Labute approximate surface area is 96.6 Å². The van der Waals surface area contributed by atoms with E-state index in [0.717, 1.165) is 0 Å². The van der Waals surface area contributed by atoms with Crippen molar-refractivity contribution in [1.82, 2.24) is 0 Å². The zero-order valence-electron chi connectivity index (χ0n) is 8.76. The van der Waals surface area contributed by atoms with Crippen LogP contribution in [-0.4, -0.2) is 31.2 Å². The zero-order chi connectivity index (χ0) is 12.8. The predicted octanol–water partition coefficient (Wildman–Crippen LogP) is 1.68. The van der Waals surface area contributed by atoms with Crippen LogP contribution in [0.4, 0.5) is 8.78 Å². The van der Waals surface area contributed by atoms with E-state index in [2.05, 4.69) is 42.8 Å². The summed E-state index contributed by atoms with van der Waals surface area (Å²) in [7, 11) is -4.90. The summed E-state index contributed by atoms with van der Waals surface area (Å²) in [5.74, 6) is -3.78. The van der Waals surface area contributed by atoms with Crippen LogP contribution in [0.5, 0.6) is 0 Å². The maximum atomic E-state index is 10.6. The second-order valence-electron chi connectivity index (χ2n) is 2.88. The highest BCUT2D eigenvalue weighted by atomic mass is 32.2. The Kier molecular flexibility index (Phi) is 6.54. The topological polar surface area (TPSA) is 57.2 Å². The van der Waals surface area contributed by atoms with Gasteiger partial charge >= 0.3 is 5.76 Å². The van der Waals surface area contributed by atoms with Crippen LogP contribution in [0.15, 0.2) is 35.2 Å². The van der Waals surface area contributed by atoms with Gasteiger partial charge in [-0.3, -0.25) is 0 Å². The van der Waals surface area contributed by atoms with Crippen LogP contribution in [-0.2, 0) is 21.0 Å². The summed E-state index contributed by atoms with van der Waals surface area (Å²) >= 11 is 0. The molecule has 0 aliphatic rings. The molecule has 0 aliphatic carbocycles. The summed E-state index contributed by atoms with van der Waals surface area (Å²) in [6.07, 6.45) is 4.46. The average molecular weight is 270 g/mol. The molecule has 7 heteroatoms. The third-order valence-corrected chi connectivity index (χ3v) is 3.08. The van der Waals surface area contributed by atoms with Crippen molar-refractivity contribution in [2.24, 2.45) is 0 Å². The van der Waals surface area contributed by atoms with Crippen molar-refractivity contribution in [3.8, 4) is 0 Å². The molecule has 0 fully saturated rings. The molecule has 16 heavy (non-hydrogen) atoms. The van der Waals surface area contributed by atoms with E-state index < -0.39 is 15.9 Å². The first-order chi connectivity index (χ1) is 7.25. The molecule has 1 aromatic rings. The van der Waals surface area contributed by atoms with E-state index in [0.29, 0.717) is 10.9 Å². The Morgan fingerprint density at radius 3 is 1.75 bits per heavy atom. The van der Waals surface area contributed by atoms with Gasteiger partial charge in [0.15, 0.2) is 15.0 Å². The molecule has 92 valence electrons. The molecule has 0 unspecified atom stereocenters. The van der Waals surface area contributed by atoms with Crippen LogP contribution in [0.25, 0.3) is 0 Å². The van der Waals surface area contributed by atoms with Crippen LogP contribution in [0, 0.1) is 0 Å². The Bertz CT molecular complexity index is 390. The molecule has 0 heterocycles. The molecular formula is C9H12F2O3S2. The lowest BCUT2D eigenvalue weighted by atomic mass is 10.4. The molecule has 0 amide bonds. The van der Waals surface area contributed by atoms with Crippen molar-refractivity contribution < 1.29 is 21.8 Å². The maximum absolute atomic E-state index is 10.6. The van der Waals surface area contributed by atoms with Crippen LogP contribution < -0.4 is 0 Å². The van der Waals surface area contributed by atoms with Gasteiger partial charge in [0, 0.05) is 10.9 Å². The van der Waals surface area contributed by atoms with Gasteiger partial charge in [0.05, 0.1) is 0 Å². The van der Waals surface area contributed by atoms with Crippen molar-refractivity contribution >= 4 is 21.0 Å². The summed E-state index contributed by atoms with van der Waals surface area (Å²) < 4.78 is 48.4. The number of hydrogen-bond donors (Lipinski definition) is 0. The Morgan fingerprint density at radius 1 is 1.19 bits per heavy atom. The number of rotatable bonds is 2. The van der Waals surface area contributed by atoms with E-state index in [1.54, 1.807) is 0 Å². The molecule has 0 spiro atoms. The van der Waals surface area contributed by atoms with Crippen LogP contribution >= 0.6 is 0 Å². The van der Waals surface area contributed by atoms with E-state index in [9.17, 15) is 8.78 Å². The highest BCUT2D eigenvalue weighted by Crippen LogP contribution is 2.06. The first-order valence-electron chi connectivity index (χ1n) is 4.10. The molecule has 1 aromatic carbocycles. The summed E-state index contributed by atoms with van der Waals surface area (Å²) in [5.41, 5.74) is 0. The molecule has 0 bridgehead atoms. The van der Waals surface area contributed by atoms with Gasteiger partial charge in [0.2, 0.25) is 0 Å². The van der Waals surface area contributed by atoms with Crippen molar-refractivity contribution in [2.45, 2.75) is 10.7 Å². The van der Waals surface area contributed by atoms with Crippen molar-refractivity contribution in [3.63, 3.8) is 0 Å². The van der Waals surface area contributed by atoms with Crippen molar-refractivity contribution in [1.29, 1.82) is 0 Å². The van der Waals surface area contributed by atoms with Gasteiger partial charge in [-0.25, -0.2) is 8.42 Å². The quantitative estimate of drug-likeness (QED) is 0.607. The smallest absolute Gasteiger partial charge is 0.325 e. The van der Waals surface area contributed by atoms with Crippen LogP contribution in [0.2, 0.25) is 0 Å². The van der Waals surface area contributed by atoms with E-state index >= 15 is 0 Å². The lowest BCUT2D eigenvalue weighted by molar-refractivity contribution is 0.215. The van der Waals surface area contributed by atoms with E-state index in [4.69, 9.17) is 13.0 Å². The molecule has 0 aromatic heterocycles. The molecule has 1 rings (SSSR count). The molecule has 0 aliphatic heterocycles. The van der Waals surface area contributed by atoms with Crippen LogP contribution in [0.3, 0.4) is 0 Å². The molecular weight excluding hydrogens is 258 g/mol. The lowest BCUT2D eigenvalue weighted by Gasteiger charge is -2.01. The minimum Gasteiger partial charge on any atom is -0.744 e. The van der Waals surface area contributed by atoms with Gasteiger partial charge in [0.1, 0.15) is 12.5 Å². The largest absolute Gasteiger partial charge is 0.744 e. The monoisotopic (exact) mass is 270 g/mol. The first-order valence-corrected chi connectivity index (χ1v) is 7.62. The van der Waals surface area contributed by atoms with E-state index in [-0.39, 0.29) is 0 Å². The van der Waals surface area contributed by atoms with Gasteiger partial charge < -0.3 is 4.55 Å². The fourth-order valence-electron chi connectivity index (χ4n) is 0.693. The normalized spacial score (nSPS) is 11.2. The summed E-state index contributed by atoms with van der Waals surface area (Å²) in [6.45, 7) is 0. The first kappa shape index (κ1) is 15.3. The summed E-state index contributed by atoms with van der Waals surface area (Å²) in [4.78, 5) is 1.44. The second-order valence-corrected chi connectivity index (χ2v) is 6.33. The maximum Gasteiger partial charge on any atom is 0.325 e. The summed E-state index contributed by atoms with van der Waals surface area (Å²) in [5, 5.41) is 0. The number of hydrogen-bond acceptors (Lipinski definition) is 3. The fourth-order valence-corrected chi connectivity index (χ4v) is 1.39. The van der Waals surface area contributed by atoms with E-state index in [1.165, 1.54) is 4.90 Å². The minimum absolute atomic E-state index is 0.421. The number of halogens is 2. The highest BCUT2D eigenvalue weighted by Gasteiger charge is 2.09. The van der Waals surface area contributed by atoms with Crippen molar-refractivity contribution in [2.75, 3.05) is 12.5 Å². The second kappa shape index (κ2) is 6.82. The van der Waals surface area contributed by atoms with Gasteiger partial charge in [-0.1, -0.05) is 18.2 Å². The summed E-state index contributed by atoms with van der Waals surface area (Å²) in [6, 6.07) is 10.6. The standard InChI is InChI=1S/C8H11S.CH2F2O3S/c1-9(2)8-6-4-3-5-7-8;2-1(3)7(4,5)6/h3-7H,1-2H3;1H,(H,4,5,6)/q+1;/p-1. The average Bonchev–Trinajstić information content (AvgIpc) is 2.18. The zero-order valence-corrected chi connectivity index (χ0v) is 10.4. The minimum atomic E-state index is -5.32. The molecule has 3 nitrogen and oxygen atoms in total. The highest BCUT2D eigenvalue weighted by molar-refractivity contribution is 7.95. The number of alkyl halides is 2. The Balaban J connectivity index is 0.000000293. The SMILES string of the molecule is C[S+](C)c1ccccc1.O=S(=O)([O-])C(F)F. The van der Waals surface area contributed by atoms with Crippen LogP contribution in [0.1, 0.15) is 0 Å². The molecule has 0 saturated heterocycles. The van der Waals surface area contributed by atoms with Gasteiger partial charge in [-0.15, -0.1) is 0 Å². The molecule has 0 atom stereocenters. The van der Waals surface area contributed by atoms with Gasteiger partial charge in [-0.05, 0) is 12.1 Å². The van der Waals surface area contributed by atoms with E-state index in [1.807, 2.05) is 0 Å². The Morgan fingerprint density at radius 2 is 1.56 bits per heavy atom.